The van der Waals surface area contributed by atoms with Gasteiger partial charge in [0, 0.05) is 49.4 Å². The van der Waals surface area contributed by atoms with Crippen LogP contribution in [-0.4, -0.2) is 68.2 Å². The van der Waals surface area contributed by atoms with E-state index in [2.05, 4.69) is 15.5 Å². The van der Waals surface area contributed by atoms with Gasteiger partial charge in [0.25, 0.3) is 11.8 Å². The van der Waals surface area contributed by atoms with Crippen molar-refractivity contribution in [3.05, 3.63) is 89.5 Å². The van der Waals surface area contributed by atoms with E-state index in [4.69, 9.17) is 15.2 Å². The van der Waals surface area contributed by atoms with Crippen LogP contribution in [0.25, 0.3) is 0 Å². The summed E-state index contributed by atoms with van der Waals surface area (Å²) in [4.78, 5) is 43.1. The molecule has 0 radical (unpaired) electrons. The number of rotatable bonds is 8. The number of nitrogens with zero attached hydrogens (tertiary/aromatic N) is 2. The van der Waals surface area contributed by atoms with Gasteiger partial charge in [-0.3, -0.25) is 14.9 Å². The maximum atomic E-state index is 13.2. The van der Waals surface area contributed by atoms with Crippen molar-refractivity contribution in [3.8, 4) is 5.75 Å². The van der Waals surface area contributed by atoms with Gasteiger partial charge < -0.3 is 30.3 Å². The smallest absolute Gasteiger partial charge is 0.412 e. The third-order valence-corrected chi connectivity index (χ3v) is 8.04. The van der Waals surface area contributed by atoms with Crippen molar-refractivity contribution >= 4 is 29.3 Å². The Bertz CT molecular complexity index is 1420. The highest BCUT2D eigenvalue weighted by Crippen LogP contribution is 2.30. The first-order valence-electron chi connectivity index (χ1n) is 14.8. The van der Waals surface area contributed by atoms with E-state index in [9.17, 15) is 14.4 Å². The number of methoxy groups -OCH3 is 1. The van der Waals surface area contributed by atoms with Gasteiger partial charge in [-0.25, -0.2) is 4.79 Å². The standard InChI is InChI=1S/C33H39N5O5/c1-42-28-9-5-8-25(20-28)32(40)38-18-16-37(17-19-38)30-15-10-24(31(39)35-27-13-11-26(34)12-14-27)21-29(30)36-33(41)43-22-23-6-3-2-4-7-23/h2-10,15,20-21,26-27H,11-14,16-19,22,34H2,1H3,(H,35,39)(H,36,41). The number of amides is 3. The zero-order valence-corrected chi connectivity index (χ0v) is 24.5. The molecule has 3 aromatic rings. The van der Waals surface area contributed by atoms with E-state index in [1.807, 2.05) is 47.4 Å². The van der Waals surface area contributed by atoms with E-state index in [0.29, 0.717) is 48.7 Å². The quantitative estimate of drug-likeness (QED) is 0.358. The topological polar surface area (TPSA) is 126 Å². The second kappa shape index (κ2) is 14.1. The van der Waals surface area contributed by atoms with E-state index >= 15 is 0 Å². The molecule has 3 amide bonds. The summed E-state index contributed by atoms with van der Waals surface area (Å²) >= 11 is 0. The molecule has 0 atom stereocenters. The fourth-order valence-corrected chi connectivity index (χ4v) is 5.54. The Morgan fingerprint density at radius 1 is 0.860 bits per heavy atom. The van der Waals surface area contributed by atoms with Crippen LogP contribution in [0, 0.1) is 0 Å². The number of benzene rings is 3. The lowest BCUT2D eigenvalue weighted by Crippen LogP contribution is -2.49. The summed E-state index contributed by atoms with van der Waals surface area (Å²) in [6.45, 7) is 2.23. The molecule has 3 aromatic carbocycles. The molecule has 0 bridgehead atoms. The molecule has 43 heavy (non-hydrogen) atoms. The lowest BCUT2D eigenvalue weighted by molar-refractivity contribution is 0.0746. The lowest BCUT2D eigenvalue weighted by Gasteiger charge is -2.37. The molecule has 4 N–H and O–H groups in total. The summed E-state index contributed by atoms with van der Waals surface area (Å²) in [6.07, 6.45) is 2.85. The van der Waals surface area contributed by atoms with E-state index < -0.39 is 6.09 Å². The number of nitrogens with one attached hydrogen (secondary N) is 2. The number of ether oxygens (including phenoxy) is 2. The Morgan fingerprint density at radius 3 is 2.33 bits per heavy atom. The number of hydrogen-bond acceptors (Lipinski definition) is 7. The second-order valence-electron chi connectivity index (χ2n) is 11.0. The SMILES string of the molecule is COc1cccc(C(=O)N2CCN(c3ccc(C(=O)NC4CCC(N)CC4)cc3NC(=O)OCc3ccccc3)CC2)c1. The van der Waals surface area contributed by atoms with Crippen molar-refractivity contribution in [1.82, 2.24) is 10.2 Å². The number of anilines is 2. The van der Waals surface area contributed by atoms with Gasteiger partial charge in [0.15, 0.2) is 0 Å². The van der Waals surface area contributed by atoms with Gasteiger partial charge in [-0.05, 0) is 67.6 Å². The predicted octanol–water partition coefficient (Wildman–Crippen LogP) is 4.41. The molecule has 0 aromatic heterocycles. The molecule has 0 spiro atoms. The van der Waals surface area contributed by atoms with Crippen LogP contribution in [0.5, 0.6) is 5.75 Å². The van der Waals surface area contributed by atoms with Crippen LogP contribution in [0.4, 0.5) is 16.2 Å². The molecule has 1 heterocycles. The van der Waals surface area contributed by atoms with Crippen molar-refractivity contribution in [1.29, 1.82) is 0 Å². The fourth-order valence-electron chi connectivity index (χ4n) is 5.54. The number of carbonyl (C=O) groups excluding carboxylic acids is 3. The van der Waals surface area contributed by atoms with Gasteiger partial charge in [-0.1, -0.05) is 36.4 Å². The van der Waals surface area contributed by atoms with E-state index in [1.54, 1.807) is 37.4 Å². The Labute approximate surface area is 252 Å². The largest absolute Gasteiger partial charge is 0.497 e. The highest BCUT2D eigenvalue weighted by Gasteiger charge is 2.26. The highest BCUT2D eigenvalue weighted by molar-refractivity contribution is 5.99. The predicted molar refractivity (Wildman–Crippen MR) is 165 cm³/mol. The minimum Gasteiger partial charge on any atom is -0.497 e. The van der Waals surface area contributed by atoms with Crippen LogP contribution >= 0.6 is 0 Å². The lowest BCUT2D eigenvalue weighted by atomic mass is 9.91. The Hall–Kier alpha value is -4.57. The molecule has 1 aliphatic heterocycles. The molecular formula is C33H39N5O5. The van der Waals surface area contributed by atoms with Crippen molar-refractivity contribution in [2.75, 3.05) is 43.5 Å². The Balaban J connectivity index is 1.29. The van der Waals surface area contributed by atoms with Gasteiger partial charge in [0.2, 0.25) is 0 Å². The first kappa shape index (κ1) is 29.9. The van der Waals surface area contributed by atoms with Gasteiger partial charge in [-0.15, -0.1) is 0 Å². The van der Waals surface area contributed by atoms with Crippen LogP contribution in [0.2, 0.25) is 0 Å². The van der Waals surface area contributed by atoms with Crippen LogP contribution < -0.4 is 26.0 Å². The monoisotopic (exact) mass is 585 g/mol. The van der Waals surface area contributed by atoms with Crippen molar-refractivity contribution < 1.29 is 23.9 Å². The van der Waals surface area contributed by atoms with Crippen molar-refractivity contribution in [2.24, 2.45) is 5.73 Å². The molecule has 5 rings (SSSR count). The third kappa shape index (κ3) is 7.84. The molecule has 226 valence electrons. The number of nitrogens with two attached hydrogens (primary N) is 1. The first-order valence-corrected chi connectivity index (χ1v) is 14.8. The summed E-state index contributed by atoms with van der Waals surface area (Å²) in [5, 5.41) is 5.98. The molecule has 10 heteroatoms. The molecule has 1 saturated carbocycles. The summed E-state index contributed by atoms with van der Waals surface area (Å²) in [5.41, 5.74) is 9.15. The van der Waals surface area contributed by atoms with Gasteiger partial charge in [0.1, 0.15) is 12.4 Å². The molecule has 2 fully saturated rings. The van der Waals surface area contributed by atoms with E-state index in [0.717, 1.165) is 36.9 Å². The Kier molecular flexibility index (Phi) is 9.78. The van der Waals surface area contributed by atoms with Crippen molar-refractivity contribution in [2.45, 2.75) is 44.4 Å². The van der Waals surface area contributed by atoms with E-state index in [1.165, 1.54) is 0 Å². The highest BCUT2D eigenvalue weighted by atomic mass is 16.5. The maximum absolute atomic E-state index is 13.2. The van der Waals surface area contributed by atoms with Gasteiger partial charge in [-0.2, -0.15) is 0 Å². The summed E-state index contributed by atoms with van der Waals surface area (Å²) in [5.74, 6) is 0.383. The minimum absolute atomic E-state index is 0.0583. The molecule has 10 nitrogen and oxygen atoms in total. The molecule has 1 saturated heterocycles. The number of piperazine rings is 1. The molecule has 0 unspecified atom stereocenters. The van der Waals surface area contributed by atoms with Gasteiger partial charge >= 0.3 is 6.09 Å². The molecule has 2 aliphatic rings. The second-order valence-corrected chi connectivity index (χ2v) is 11.0. The van der Waals surface area contributed by atoms with E-state index in [-0.39, 0.29) is 30.5 Å². The average molecular weight is 586 g/mol. The first-order chi connectivity index (χ1) is 20.9. The van der Waals surface area contributed by atoms with Crippen LogP contribution in [0.15, 0.2) is 72.8 Å². The third-order valence-electron chi connectivity index (χ3n) is 8.04. The van der Waals surface area contributed by atoms with Crippen LogP contribution in [0.3, 0.4) is 0 Å². The minimum atomic E-state index is -0.615. The number of hydrogen-bond donors (Lipinski definition) is 3. The summed E-state index contributed by atoms with van der Waals surface area (Å²) in [7, 11) is 1.58. The number of carbonyl (C=O) groups is 3. The fraction of sp³-hybridized carbons (Fsp3) is 0.364. The van der Waals surface area contributed by atoms with Crippen molar-refractivity contribution in [3.63, 3.8) is 0 Å². The zero-order valence-electron chi connectivity index (χ0n) is 24.5. The summed E-state index contributed by atoms with van der Waals surface area (Å²) < 4.78 is 10.7. The molecular weight excluding hydrogens is 546 g/mol. The van der Waals surface area contributed by atoms with Gasteiger partial charge in [0.05, 0.1) is 18.5 Å². The average Bonchev–Trinajstić information content (AvgIpc) is 3.05. The normalized spacial score (nSPS) is 18.5. The maximum Gasteiger partial charge on any atom is 0.412 e. The van der Waals surface area contributed by atoms with Crippen LogP contribution in [-0.2, 0) is 11.3 Å². The zero-order chi connectivity index (χ0) is 30.2. The Morgan fingerprint density at radius 2 is 1.60 bits per heavy atom. The van der Waals surface area contributed by atoms with Crippen LogP contribution in [0.1, 0.15) is 52.0 Å². The summed E-state index contributed by atoms with van der Waals surface area (Å²) in [6, 6.07) is 22.1. The molecule has 1 aliphatic carbocycles.